The van der Waals surface area contributed by atoms with E-state index >= 15 is 0 Å². The molecule has 138 valence electrons. The van der Waals surface area contributed by atoms with Crippen molar-refractivity contribution in [1.82, 2.24) is 10.9 Å². The number of fused-ring (bicyclic) bond motifs is 1. The van der Waals surface area contributed by atoms with Gasteiger partial charge in [0, 0.05) is 0 Å². The highest BCUT2D eigenvalue weighted by Crippen LogP contribution is 2.21. The molecule has 0 unspecified atom stereocenters. The van der Waals surface area contributed by atoms with Crippen molar-refractivity contribution in [1.29, 1.82) is 0 Å². The Kier molecular flexibility index (Phi) is 5.51. The number of carbonyl (C=O) groups excluding carboxylic acids is 2. The van der Waals surface area contributed by atoms with Gasteiger partial charge in [-0.05, 0) is 42.0 Å². The van der Waals surface area contributed by atoms with Crippen LogP contribution in [0.25, 0.3) is 10.8 Å². The Morgan fingerprint density at radius 2 is 1.63 bits per heavy atom. The molecule has 3 aromatic rings. The molecule has 1 atom stereocenters. The Labute approximate surface area is 155 Å². The third kappa shape index (κ3) is 4.72. The minimum atomic E-state index is -0.847. The third-order valence-corrected chi connectivity index (χ3v) is 3.82. The molecule has 0 spiro atoms. The summed E-state index contributed by atoms with van der Waals surface area (Å²) in [5.41, 5.74) is 4.39. The maximum atomic E-state index is 13.5. The van der Waals surface area contributed by atoms with Crippen LogP contribution < -0.4 is 20.9 Å². The van der Waals surface area contributed by atoms with Crippen LogP contribution in [0.4, 0.5) is 14.9 Å². The molecule has 3 N–H and O–H groups in total. The molecule has 0 aliphatic carbocycles. The predicted molar refractivity (Wildman–Crippen MR) is 101 cm³/mol. The van der Waals surface area contributed by atoms with Gasteiger partial charge in [-0.3, -0.25) is 10.2 Å². The van der Waals surface area contributed by atoms with Gasteiger partial charge in [-0.25, -0.2) is 14.6 Å². The Bertz CT molecular complexity index is 977. The van der Waals surface area contributed by atoms with E-state index in [4.69, 9.17) is 4.74 Å². The minimum absolute atomic E-state index is 0.00436. The molecule has 7 heteroatoms. The van der Waals surface area contributed by atoms with Crippen molar-refractivity contribution in [3.63, 3.8) is 0 Å². The van der Waals surface area contributed by atoms with Crippen LogP contribution in [0.2, 0.25) is 0 Å². The van der Waals surface area contributed by atoms with Crippen LogP contribution in [0.3, 0.4) is 0 Å². The summed E-state index contributed by atoms with van der Waals surface area (Å²) in [5, 5.41) is 4.35. The molecule has 0 bridgehead atoms. The monoisotopic (exact) mass is 367 g/mol. The maximum Gasteiger partial charge on any atom is 0.338 e. The second-order valence-electron chi connectivity index (χ2n) is 5.82. The van der Waals surface area contributed by atoms with Gasteiger partial charge in [0.1, 0.15) is 11.6 Å². The van der Waals surface area contributed by atoms with E-state index in [0.717, 1.165) is 10.8 Å². The molecule has 0 heterocycles. The van der Waals surface area contributed by atoms with Crippen molar-refractivity contribution in [2.24, 2.45) is 0 Å². The number of hydrogen-bond donors (Lipinski definition) is 3. The molecular formula is C20H18FN3O3. The number of anilines is 1. The molecular weight excluding hydrogens is 349 g/mol. The first-order valence-corrected chi connectivity index (χ1v) is 8.30. The van der Waals surface area contributed by atoms with Crippen molar-refractivity contribution < 1.29 is 18.7 Å². The summed E-state index contributed by atoms with van der Waals surface area (Å²) >= 11 is 0. The maximum absolute atomic E-state index is 13.5. The summed E-state index contributed by atoms with van der Waals surface area (Å²) in [5.74, 6) is -0.592. The van der Waals surface area contributed by atoms with Gasteiger partial charge in [-0.15, -0.1) is 0 Å². The van der Waals surface area contributed by atoms with E-state index in [9.17, 15) is 14.0 Å². The summed E-state index contributed by atoms with van der Waals surface area (Å²) < 4.78 is 19.1. The fraction of sp³-hybridized carbons (Fsp3) is 0.100. The molecule has 6 nitrogen and oxygen atoms in total. The number of nitrogens with one attached hydrogen (secondary N) is 3. The normalized spacial score (nSPS) is 11.5. The summed E-state index contributed by atoms with van der Waals surface area (Å²) in [7, 11) is 0. The quantitative estimate of drug-likeness (QED) is 0.617. The van der Waals surface area contributed by atoms with E-state index in [0.29, 0.717) is 5.75 Å². The smallest absolute Gasteiger partial charge is 0.338 e. The molecule has 3 rings (SSSR count). The van der Waals surface area contributed by atoms with Gasteiger partial charge in [0.2, 0.25) is 0 Å². The highest BCUT2D eigenvalue weighted by Gasteiger charge is 2.16. The van der Waals surface area contributed by atoms with Gasteiger partial charge in [-0.2, -0.15) is 0 Å². The molecule has 0 aromatic heterocycles. The predicted octanol–water partition coefficient (Wildman–Crippen LogP) is 3.60. The van der Waals surface area contributed by atoms with Crippen molar-refractivity contribution in [2.45, 2.75) is 13.0 Å². The number of hydrogen-bond acceptors (Lipinski definition) is 3. The Morgan fingerprint density at radius 1 is 0.926 bits per heavy atom. The molecule has 0 aliphatic rings. The summed E-state index contributed by atoms with van der Waals surface area (Å²) in [6.45, 7) is 1.56. The fourth-order valence-corrected chi connectivity index (χ4v) is 2.43. The van der Waals surface area contributed by atoms with Crippen LogP contribution in [-0.4, -0.2) is 18.0 Å². The van der Waals surface area contributed by atoms with Crippen LogP contribution in [0.5, 0.6) is 5.75 Å². The van der Waals surface area contributed by atoms with Gasteiger partial charge in [-0.1, -0.05) is 42.5 Å². The summed E-state index contributed by atoms with van der Waals surface area (Å²) in [6, 6.07) is 18.2. The number of para-hydroxylation sites is 1. The lowest BCUT2D eigenvalue weighted by Crippen LogP contribution is -2.48. The standard InChI is InChI=1S/C20H18FN3O3/c1-13(27-16-11-10-14-6-2-3-7-15(14)12-16)19(25)23-24-20(26)22-18-9-5-4-8-17(18)21/h2-13H,1H3,(H,23,25)(H2,22,24,26)/t13-/m0/s1. The molecule has 0 radical (unpaired) electrons. The van der Waals surface area contributed by atoms with E-state index in [1.807, 2.05) is 36.4 Å². The molecule has 27 heavy (non-hydrogen) atoms. The van der Waals surface area contributed by atoms with E-state index in [2.05, 4.69) is 16.2 Å². The third-order valence-electron chi connectivity index (χ3n) is 3.82. The average Bonchev–Trinajstić information content (AvgIpc) is 2.67. The van der Waals surface area contributed by atoms with Crippen LogP contribution in [0.15, 0.2) is 66.7 Å². The van der Waals surface area contributed by atoms with E-state index in [-0.39, 0.29) is 5.69 Å². The van der Waals surface area contributed by atoms with E-state index in [1.165, 1.54) is 18.2 Å². The first-order chi connectivity index (χ1) is 13.0. The number of rotatable bonds is 4. The second kappa shape index (κ2) is 8.18. The van der Waals surface area contributed by atoms with Crippen LogP contribution in [0, 0.1) is 5.82 Å². The van der Waals surface area contributed by atoms with Crippen molar-refractivity contribution in [3.8, 4) is 5.75 Å². The highest BCUT2D eigenvalue weighted by molar-refractivity contribution is 5.91. The van der Waals surface area contributed by atoms with Crippen molar-refractivity contribution >= 4 is 28.4 Å². The Balaban J connectivity index is 1.52. The zero-order valence-corrected chi connectivity index (χ0v) is 14.5. The van der Waals surface area contributed by atoms with Gasteiger partial charge < -0.3 is 10.1 Å². The zero-order valence-electron chi connectivity index (χ0n) is 14.5. The lowest BCUT2D eigenvalue weighted by Gasteiger charge is -2.16. The molecule has 0 aliphatic heterocycles. The van der Waals surface area contributed by atoms with Gasteiger partial charge >= 0.3 is 6.03 Å². The number of amides is 3. The Hall–Kier alpha value is -3.61. The second-order valence-corrected chi connectivity index (χ2v) is 5.82. The van der Waals surface area contributed by atoms with Crippen LogP contribution >= 0.6 is 0 Å². The number of urea groups is 1. The van der Waals surface area contributed by atoms with Crippen LogP contribution in [0.1, 0.15) is 6.92 Å². The number of hydrazine groups is 1. The summed E-state index contributed by atoms with van der Waals surface area (Å²) in [6.07, 6.45) is -0.847. The first kappa shape index (κ1) is 18.2. The van der Waals surface area contributed by atoms with Gasteiger partial charge in [0.05, 0.1) is 5.69 Å². The van der Waals surface area contributed by atoms with E-state index in [1.54, 1.807) is 19.1 Å². The molecule has 3 aromatic carbocycles. The molecule has 0 fully saturated rings. The SMILES string of the molecule is C[C@H](Oc1ccc2ccccc2c1)C(=O)NNC(=O)Nc1ccccc1F. The highest BCUT2D eigenvalue weighted by atomic mass is 19.1. The molecule has 0 saturated carbocycles. The minimum Gasteiger partial charge on any atom is -0.481 e. The number of ether oxygens (including phenoxy) is 1. The van der Waals surface area contributed by atoms with Crippen molar-refractivity contribution in [3.05, 3.63) is 72.5 Å². The molecule has 0 saturated heterocycles. The van der Waals surface area contributed by atoms with E-state index < -0.39 is 23.9 Å². The Morgan fingerprint density at radius 3 is 2.41 bits per heavy atom. The number of halogens is 1. The number of benzene rings is 3. The first-order valence-electron chi connectivity index (χ1n) is 8.30. The largest absolute Gasteiger partial charge is 0.481 e. The molecule has 3 amide bonds. The van der Waals surface area contributed by atoms with Gasteiger partial charge in [0.25, 0.3) is 5.91 Å². The summed E-state index contributed by atoms with van der Waals surface area (Å²) in [4.78, 5) is 23.8. The van der Waals surface area contributed by atoms with Crippen LogP contribution in [-0.2, 0) is 4.79 Å². The number of carbonyl (C=O) groups is 2. The van der Waals surface area contributed by atoms with Gasteiger partial charge in [0.15, 0.2) is 6.10 Å². The van der Waals surface area contributed by atoms with Crippen molar-refractivity contribution in [2.75, 3.05) is 5.32 Å². The topological polar surface area (TPSA) is 79.5 Å². The zero-order chi connectivity index (χ0) is 19.2. The lowest BCUT2D eigenvalue weighted by atomic mass is 10.1. The lowest BCUT2D eigenvalue weighted by molar-refractivity contribution is -0.127. The fourth-order valence-electron chi connectivity index (χ4n) is 2.43. The average molecular weight is 367 g/mol.